The van der Waals surface area contributed by atoms with Crippen molar-refractivity contribution in [1.29, 1.82) is 0 Å². The number of hydrogen-bond donors (Lipinski definition) is 2. The Morgan fingerprint density at radius 3 is 2.47 bits per heavy atom. The molecule has 10 heteroatoms. The van der Waals surface area contributed by atoms with Crippen molar-refractivity contribution in [1.82, 2.24) is 5.32 Å². The van der Waals surface area contributed by atoms with Crippen LogP contribution in [0.5, 0.6) is 0 Å². The smallest absolute Gasteiger partial charge is 0.407 e. The number of carbonyl (C=O) groups is 2. The molecule has 1 aliphatic heterocycles. The van der Waals surface area contributed by atoms with Crippen molar-refractivity contribution in [2.24, 2.45) is 0 Å². The van der Waals surface area contributed by atoms with E-state index in [1.165, 1.54) is 14.0 Å². The Kier molecular flexibility index (Phi) is 10.9. The van der Waals surface area contributed by atoms with Crippen LogP contribution >= 0.6 is 11.8 Å². The number of allylic oxidation sites excluding steroid dienone is 2. The van der Waals surface area contributed by atoms with Gasteiger partial charge in [0.15, 0.2) is 19.2 Å². The maximum atomic E-state index is 12.6. The van der Waals surface area contributed by atoms with Gasteiger partial charge in [0.05, 0.1) is 26.4 Å². The fourth-order valence-electron chi connectivity index (χ4n) is 5.05. The van der Waals surface area contributed by atoms with Gasteiger partial charge in [-0.05, 0) is 35.9 Å². The van der Waals surface area contributed by atoms with Gasteiger partial charge in [-0.1, -0.05) is 62.3 Å². The summed E-state index contributed by atoms with van der Waals surface area (Å²) in [5.74, 6) is 10.9. The zero-order valence-electron chi connectivity index (χ0n) is 22.7. The predicted molar refractivity (Wildman–Crippen MR) is 150 cm³/mol. The molecule has 1 unspecified atom stereocenters. The average molecular weight is 560 g/mol. The number of aliphatic hydroxyl groups is 1. The van der Waals surface area contributed by atoms with Gasteiger partial charge in [-0.15, -0.1) is 0 Å². The number of nitrogens with one attached hydrogen (secondary N) is 1. The second-order valence-electron chi connectivity index (χ2n) is 9.22. The Balaban J connectivity index is 2.33. The minimum absolute atomic E-state index is 0.0236. The van der Waals surface area contributed by atoms with Crippen molar-refractivity contribution in [2.75, 3.05) is 26.1 Å². The highest BCUT2D eigenvalue weighted by Crippen LogP contribution is 2.44. The first-order valence-electron chi connectivity index (χ1n) is 13.0. The van der Waals surface area contributed by atoms with E-state index in [1.807, 2.05) is 6.08 Å². The van der Waals surface area contributed by atoms with Gasteiger partial charge in [-0.25, -0.2) is 4.79 Å². The maximum absolute atomic E-state index is 12.6. The average Bonchev–Trinajstić information content (AvgIpc) is 3.38. The zero-order valence-corrected chi connectivity index (χ0v) is 24.5. The van der Waals surface area contributed by atoms with Crippen molar-refractivity contribution in [3.8, 4) is 23.7 Å². The van der Waals surface area contributed by atoms with Crippen molar-refractivity contribution >= 4 is 31.3 Å². The van der Waals surface area contributed by atoms with Gasteiger partial charge in [-0.3, -0.25) is 4.79 Å². The quantitative estimate of drug-likeness (QED) is 0.343. The monoisotopic (exact) mass is 559 g/mol. The summed E-state index contributed by atoms with van der Waals surface area (Å²) in [6.45, 7) is 8.59. The Bertz CT molecular complexity index is 1110. The third-order valence-electron chi connectivity index (χ3n) is 7.24. The molecule has 1 fully saturated rings. The lowest BCUT2D eigenvalue weighted by atomic mass is 9.90. The van der Waals surface area contributed by atoms with Crippen LogP contribution in [-0.2, 0) is 23.4 Å². The highest BCUT2D eigenvalue weighted by atomic mass is 32.2. The summed E-state index contributed by atoms with van der Waals surface area (Å²) in [6, 6.07) is 1.81. The number of hydrogen-bond acceptors (Lipinski definition) is 8. The second kappa shape index (κ2) is 13.7. The summed E-state index contributed by atoms with van der Waals surface area (Å²) in [5, 5.41) is 14.3. The molecule has 3 rings (SSSR count). The molecule has 0 aromatic rings. The number of alkyl carbamates (subject to hydrolysis) is 1. The molecule has 2 N–H and O–H groups in total. The van der Waals surface area contributed by atoms with Crippen LogP contribution in [0.15, 0.2) is 34.9 Å². The SMILES string of the molecule is CC[Si](CC)(CC)O[C@H]1CC2(OCCO2)C(NC(=O)OC)C2=C(/C1=C\CSC(C)=O)[C@@H](O)C#C/C=C\C#C2. The van der Waals surface area contributed by atoms with Crippen LogP contribution in [0.3, 0.4) is 0 Å². The third-order valence-corrected chi connectivity index (χ3v) is 12.6. The number of methoxy groups -OCH3 is 1. The molecule has 3 aliphatic rings. The van der Waals surface area contributed by atoms with Crippen LogP contribution in [0.25, 0.3) is 0 Å². The summed E-state index contributed by atoms with van der Waals surface area (Å²) in [5.41, 5.74) is 1.53. The van der Waals surface area contributed by atoms with Crippen molar-refractivity contribution in [3.63, 3.8) is 0 Å². The normalized spacial score (nSPS) is 26.1. The molecule has 3 atom stereocenters. The van der Waals surface area contributed by atoms with Gasteiger partial charge in [0.1, 0.15) is 12.1 Å². The van der Waals surface area contributed by atoms with Crippen LogP contribution in [0.1, 0.15) is 34.1 Å². The number of aliphatic hydroxyl groups excluding tert-OH is 1. The molecule has 1 amide bonds. The van der Waals surface area contributed by atoms with Gasteiger partial charge in [0.2, 0.25) is 0 Å². The Morgan fingerprint density at radius 2 is 1.87 bits per heavy atom. The first-order valence-corrected chi connectivity index (χ1v) is 16.5. The maximum Gasteiger partial charge on any atom is 0.407 e. The van der Waals surface area contributed by atoms with E-state index >= 15 is 0 Å². The first-order chi connectivity index (χ1) is 18.2. The Labute approximate surface area is 230 Å². The summed E-state index contributed by atoms with van der Waals surface area (Å²) in [4.78, 5) is 24.4. The largest absolute Gasteiger partial charge is 0.453 e. The fourth-order valence-corrected chi connectivity index (χ4v) is 8.36. The fraction of sp³-hybridized carbons (Fsp3) is 0.571. The molecule has 0 aromatic carbocycles. The molecule has 8 nitrogen and oxygen atoms in total. The highest BCUT2D eigenvalue weighted by molar-refractivity contribution is 8.13. The van der Waals surface area contributed by atoms with E-state index in [-0.39, 0.29) is 11.5 Å². The molecular formula is C28H37NO7SSi. The van der Waals surface area contributed by atoms with Gasteiger partial charge in [-0.2, -0.15) is 0 Å². The summed E-state index contributed by atoms with van der Waals surface area (Å²) in [6.07, 6.45) is 2.84. The molecular weight excluding hydrogens is 522 g/mol. The molecule has 1 heterocycles. The summed E-state index contributed by atoms with van der Waals surface area (Å²) in [7, 11) is -0.916. The standard InChI is InChI=1S/C28H37NO7SSi/c1-6-38(7-2,8-3)36-24-19-28(34-16-17-35-28)26(29-27(32)33-5)22-13-11-9-10-12-14-23(31)25(22)21(24)15-18-37-20(4)30/h9-10,15,23-24,26,31H,6-8,16-19H2,1-5H3,(H,29,32)/b10-9-,21-15-/t23-,24-,26?/m0/s1. The number of ether oxygens (including phenoxy) is 3. The molecule has 1 spiro atoms. The van der Waals surface area contributed by atoms with Crippen LogP contribution in [-0.4, -0.2) is 74.7 Å². The van der Waals surface area contributed by atoms with Crippen LogP contribution < -0.4 is 5.32 Å². The van der Waals surface area contributed by atoms with Gasteiger partial charge in [0.25, 0.3) is 0 Å². The zero-order chi connectivity index (χ0) is 27.8. The molecule has 0 radical (unpaired) electrons. The van der Waals surface area contributed by atoms with Gasteiger partial charge in [0, 0.05) is 30.2 Å². The van der Waals surface area contributed by atoms with Crippen LogP contribution in [0, 0.1) is 23.7 Å². The first kappa shape index (κ1) is 30.2. The molecule has 0 saturated carbocycles. The number of rotatable bonds is 8. The molecule has 0 bridgehead atoms. The van der Waals surface area contributed by atoms with E-state index in [4.69, 9.17) is 18.6 Å². The van der Waals surface area contributed by atoms with E-state index in [9.17, 15) is 14.7 Å². The molecule has 0 aromatic heterocycles. The van der Waals surface area contributed by atoms with Crippen LogP contribution in [0.2, 0.25) is 18.1 Å². The molecule has 206 valence electrons. The Morgan fingerprint density at radius 1 is 1.21 bits per heavy atom. The van der Waals surface area contributed by atoms with Crippen molar-refractivity contribution in [2.45, 2.75) is 76.3 Å². The molecule has 1 saturated heterocycles. The van der Waals surface area contributed by atoms with E-state index in [2.05, 4.69) is 49.8 Å². The van der Waals surface area contributed by atoms with E-state index in [1.54, 1.807) is 12.2 Å². The lowest BCUT2D eigenvalue weighted by molar-refractivity contribution is -0.183. The summed E-state index contributed by atoms with van der Waals surface area (Å²) >= 11 is 1.16. The van der Waals surface area contributed by atoms with Gasteiger partial charge >= 0.3 is 6.09 Å². The third kappa shape index (κ3) is 6.81. The number of carbonyl (C=O) groups excluding carboxylic acids is 2. The second-order valence-corrected chi connectivity index (χ2v) is 15.1. The van der Waals surface area contributed by atoms with Crippen molar-refractivity contribution in [3.05, 3.63) is 34.9 Å². The molecule has 38 heavy (non-hydrogen) atoms. The summed E-state index contributed by atoms with van der Waals surface area (Å²) < 4.78 is 24.5. The minimum atomic E-state index is -2.20. The Hall–Kier alpha value is -2.31. The number of thioether (sulfide) groups is 1. The molecule has 2 aliphatic carbocycles. The number of amides is 1. The predicted octanol–water partition coefficient (Wildman–Crippen LogP) is 3.69. The van der Waals surface area contributed by atoms with Gasteiger partial charge < -0.3 is 29.1 Å². The van der Waals surface area contributed by atoms with E-state index < -0.39 is 38.4 Å². The van der Waals surface area contributed by atoms with E-state index in [0.29, 0.717) is 35.7 Å². The lowest BCUT2D eigenvalue weighted by Gasteiger charge is -2.39. The highest BCUT2D eigenvalue weighted by Gasteiger charge is 2.54. The lowest BCUT2D eigenvalue weighted by Crippen LogP contribution is -2.56. The topological polar surface area (TPSA) is 103 Å². The van der Waals surface area contributed by atoms with Crippen LogP contribution in [0.4, 0.5) is 4.79 Å². The minimum Gasteiger partial charge on any atom is -0.453 e. The van der Waals surface area contributed by atoms with E-state index in [0.717, 1.165) is 29.9 Å². The van der Waals surface area contributed by atoms with Crippen molar-refractivity contribution < 1.29 is 33.3 Å².